The van der Waals surface area contributed by atoms with Gasteiger partial charge in [-0.3, -0.25) is 9.80 Å². The summed E-state index contributed by atoms with van der Waals surface area (Å²) in [5.74, 6) is -0.308. The highest BCUT2D eigenvalue weighted by Crippen LogP contribution is 2.27. The lowest BCUT2D eigenvalue weighted by atomic mass is 10.0. The van der Waals surface area contributed by atoms with Crippen LogP contribution >= 0.6 is 0 Å². The van der Waals surface area contributed by atoms with E-state index in [0.29, 0.717) is 21.9 Å². The Kier molecular flexibility index (Phi) is 4.63. The van der Waals surface area contributed by atoms with Crippen molar-refractivity contribution in [2.24, 2.45) is 0 Å². The van der Waals surface area contributed by atoms with Gasteiger partial charge in [0.15, 0.2) is 0 Å². The standard InChI is InChI=1S/C19H15F3N4O3/c1-12-10-28-24-25(12)11-26-18(27)17-8-14(2-3-15(17)9-23-26)13-4-6-16(7-5-13)29-19(20,21)22/h2-10,24H,11H2,1H3. The van der Waals surface area contributed by atoms with E-state index in [0.717, 1.165) is 5.70 Å². The third-order valence-corrected chi connectivity index (χ3v) is 4.37. The second kappa shape index (κ2) is 7.13. The average Bonchev–Trinajstić information content (AvgIpc) is 3.08. The van der Waals surface area contributed by atoms with Crippen LogP contribution in [0.3, 0.4) is 0 Å². The molecule has 150 valence electrons. The van der Waals surface area contributed by atoms with E-state index < -0.39 is 6.36 Å². The van der Waals surface area contributed by atoms with Gasteiger partial charge in [-0.05, 0) is 36.2 Å². The Bertz CT molecular complexity index is 1140. The van der Waals surface area contributed by atoms with Crippen molar-refractivity contribution in [3.63, 3.8) is 0 Å². The minimum Gasteiger partial charge on any atom is -0.406 e. The van der Waals surface area contributed by atoms with Gasteiger partial charge in [-0.1, -0.05) is 29.9 Å². The van der Waals surface area contributed by atoms with Crippen molar-refractivity contribution in [3.05, 3.63) is 71.0 Å². The number of nitrogens with one attached hydrogen (secondary N) is 1. The number of hydrogen-bond donors (Lipinski definition) is 1. The molecule has 7 nitrogen and oxygen atoms in total. The zero-order valence-corrected chi connectivity index (χ0v) is 15.1. The monoisotopic (exact) mass is 404 g/mol. The third-order valence-electron chi connectivity index (χ3n) is 4.37. The van der Waals surface area contributed by atoms with E-state index in [1.54, 1.807) is 29.4 Å². The van der Waals surface area contributed by atoms with Crippen molar-refractivity contribution < 1.29 is 22.7 Å². The maximum atomic E-state index is 12.9. The van der Waals surface area contributed by atoms with Gasteiger partial charge in [-0.15, -0.1) is 13.2 Å². The molecule has 4 rings (SSSR count). The van der Waals surface area contributed by atoms with Crippen molar-refractivity contribution in [3.8, 4) is 16.9 Å². The van der Waals surface area contributed by atoms with Crippen molar-refractivity contribution in [1.29, 1.82) is 0 Å². The molecule has 0 atom stereocenters. The van der Waals surface area contributed by atoms with Crippen LogP contribution in [0.15, 0.2) is 65.4 Å². The van der Waals surface area contributed by atoms with Crippen molar-refractivity contribution in [1.82, 2.24) is 20.4 Å². The summed E-state index contributed by atoms with van der Waals surface area (Å²) < 4.78 is 42.1. The summed E-state index contributed by atoms with van der Waals surface area (Å²) in [6, 6.07) is 10.7. The number of hydrazine groups is 1. The normalized spacial score (nSPS) is 14.1. The minimum absolute atomic E-state index is 0.144. The Hall–Kier alpha value is -3.53. The Morgan fingerprint density at radius 3 is 2.52 bits per heavy atom. The van der Waals surface area contributed by atoms with E-state index in [1.807, 2.05) is 6.92 Å². The second-order valence-corrected chi connectivity index (χ2v) is 6.36. The van der Waals surface area contributed by atoms with Gasteiger partial charge in [0, 0.05) is 5.39 Å². The number of benzene rings is 2. The maximum absolute atomic E-state index is 12.9. The predicted molar refractivity (Wildman–Crippen MR) is 97.9 cm³/mol. The van der Waals surface area contributed by atoms with Crippen LogP contribution in [0.5, 0.6) is 5.75 Å². The number of nitrogens with zero attached hydrogens (tertiary/aromatic N) is 3. The first-order valence-electron chi connectivity index (χ1n) is 8.52. The maximum Gasteiger partial charge on any atom is 0.573 e. The molecule has 1 aliphatic heterocycles. The van der Waals surface area contributed by atoms with E-state index in [-0.39, 0.29) is 18.0 Å². The number of halogens is 3. The average molecular weight is 404 g/mol. The Morgan fingerprint density at radius 2 is 1.86 bits per heavy atom. The van der Waals surface area contributed by atoms with Gasteiger partial charge in [-0.25, -0.2) is 4.68 Å². The molecule has 3 aromatic rings. The molecular weight excluding hydrogens is 389 g/mol. The first-order chi connectivity index (χ1) is 13.8. The van der Waals surface area contributed by atoms with Crippen molar-refractivity contribution in [2.75, 3.05) is 0 Å². The van der Waals surface area contributed by atoms with Crippen LogP contribution in [0, 0.1) is 0 Å². The van der Waals surface area contributed by atoms with Crippen molar-refractivity contribution in [2.45, 2.75) is 20.0 Å². The van der Waals surface area contributed by atoms with Crippen LogP contribution < -0.4 is 15.9 Å². The molecule has 0 spiro atoms. The van der Waals surface area contributed by atoms with E-state index in [2.05, 4.69) is 15.4 Å². The number of rotatable bonds is 4. The molecular formula is C19H15F3N4O3. The molecule has 0 radical (unpaired) electrons. The fourth-order valence-corrected chi connectivity index (χ4v) is 2.89. The second-order valence-electron chi connectivity index (χ2n) is 6.36. The molecule has 2 heterocycles. The largest absolute Gasteiger partial charge is 0.573 e. The highest BCUT2D eigenvalue weighted by atomic mass is 19.4. The first-order valence-corrected chi connectivity index (χ1v) is 8.52. The van der Waals surface area contributed by atoms with Gasteiger partial charge in [0.25, 0.3) is 5.56 Å². The fraction of sp³-hybridized carbons (Fsp3) is 0.158. The molecule has 0 unspecified atom stereocenters. The van der Waals surface area contributed by atoms with Gasteiger partial charge >= 0.3 is 6.36 Å². The summed E-state index contributed by atoms with van der Waals surface area (Å²) in [7, 11) is 0. The summed E-state index contributed by atoms with van der Waals surface area (Å²) in [5, 5.41) is 6.88. The van der Waals surface area contributed by atoms with Crippen LogP contribution in [0.4, 0.5) is 13.2 Å². The molecule has 0 bridgehead atoms. The summed E-state index contributed by atoms with van der Waals surface area (Å²) in [6.45, 7) is 1.96. The van der Waals surface area contributed by atoms with Crippen LogP contribution in [0.2, 0.25) is 0 Å². The molecule has 0 aliphatic carbocycles. The molecule has 0 amide bonds. The quantitative estimate of drug-likeness (QED) is 0.718. The molecule has 29 heavy (non-hydrogen) atoms. The highest BCUT2D eigenvalue weighted by molar-refractivity contribution is 5.86. The minimum atomic E-state index is -4.74. The number of allylic oxidation sites excluding steroid dienone is 1. The lowest BCUT2D eigenvalue weighted by Crippen LogP contribution is -2.37. The molecule has 2 aromatic carbocycles. The lowest BCUT2D eigenvalue weighted by Gasteiger charge is -2.18. The lowest BCUT2D eigenvalue weighted by molar-refractivity contribution is -0.274. The topological polar surface area (TPSA) is 68.6 Å². The zero-order chi connectivity index (χ0) is 20.6. The van der Waals surface area contributed by atoms with Crippen LogP contribution in [-0.2, 0) is 11.5 Å². The summed E-state index contributed by atoms with van der Waals surface area (Å²) in [6.07, 6.45) is -1.65. The number of fused-ring (bicyclic) bond motifs is 1. The van der Waals surface area contributed by atoms with Gasteiger partial charge < -0.3 is 9.57 Å². The van der Waals surface area contributed by atoms with Gasteiger partial charge in [0.1, 0.15) is 18.7 Å². The smallest absolute Gasteiger partial charge is 0.406 e. The van der Waals surface area contributed by atoms with Crippen LogP contribution in [-0.4, -0.2) is 21.2 Å². The fourth-order valence-electron chi connectivity index (χ4n) is 2.89. The Labute approximate surface area is 162 Å². The van der Waals surface area contributed by atoms with Crippen LogP contribution in [0.25, 0.3) is 21.9 Å². The highest BCUT2D eigenvalue weighted by Gasteiger charge is 2.31. The molecule has 0 saturated carbocycles. The Morgan fingerprint density at radius 1 is 1.14 bits per heavy atom. The molecule has 0 saturated heterocycles. The van der Waals surface area contributed by atoms with Crippen molar-refractivity contribution >= 4 is 10.8 Å². The van der Waals surface area contributed by atoms with E-state index >= 15 is 0 Å². The van der Waals surface area contributed by atoms with Gasteiger partial charge in [-0.2, -0.15) is 5.10 Å². The Balaban J connectivity index is 1.65. The molecule has 10 heteroatoms. The SMILES string of the molecule is CC1=CONN1Cn1ncc2ccc(-c3ccc(OC(F)(F)F)cc3)cc2c1=O. The molecule has 1 N–H and O–H groups in total. The predicted octanol–water partition coefficient (Wildman–Crippen LogP) is 3.53. The first kappa shape index (κ1) is 18.8. The van der Waals surface area contributed by atoms with Gasteiger partial charge in [0.2, 0.25) is 0 Å². The number of aromatic nitrogens is 2. The molecule has 1 aliphatic rings. The van der Waals surface area contributed by atoms with E-state index in [9.17, 15) is 18.0 Å². The summed E-state index contributed by atoms with van der Waals surface area (Å²) >= 11 is 0. The zero-order valence-electron chi connectivity index (χ0n) is 15.1. The van der Waals surface area contributed by atoms with Crippen LogP contribution in [0.1, 0.15) is 6.92 Å². The molecule has 0 fully saturated rings. The number of hydrogen-bond acceptors (Lipinski definition) is 6. The number of alkyl halides is 3. The summed E-state index contributed by atoms with van der Waals surface area (Å²) in [5.41, 5.74) is 4.46. The third kappa shape index (κ3) is 4.02. The molecule has 1 aromatic heterocycles. The van der Waals surface area contributed by atoms with E-state index in [1.165, 1.54) is 35.2 Å². The van der Waals surface area contributed by atoms with Gasteiger partial charge in [0.05, 0.1) is 17.3 Å². The van der Waals surface area contributed by atoms with E-state index in [4.69, 9.17) is 4.84 Å². The number of ether oxygens (including phenoxy) is 1. The summed E-state index contributed by atoms with van der Waals surface area (Å²) in [4.78, 5) is 17.8.